The number of thiazole rings is 1. The average molecular weight is 310 g/mol. The van der Waals surface area contributed by atoms with Crippen LogP contribution in [0.15, 0.2) is 0 Å². The Hall–Kier alpha value is -0.610. The summed E-state index contributed by atoms with van der Waals surface area (Å²) in [6.45, 7) is 13.4. The molecule has 0 aliphatic heterocycles. The number of aryl methyl sites for hydroxylation is 1. The molecular formula is C17H31N3S. The number of nitrogens with one attached hydrogen (secondary N) is 1. The number of rotatable bonds is 10. The Morgan fingerprint density at radius 2 is 2.10 bits per heavy atom. The molecule has 0 saturated heterocycles. The summed E-state index contributed by atoms with van der Waals surface area (Å²) < 4.78 is 0. The van der Waals surface area contributed by atoms with Crippen molar-refractivity contribution in [3.8, 4) is 0 Å². The third-order valence-electron chi connectivity index (χ3n) is 3.88. The highest BCUT2D eigenvalue weighted by molar-refractivity contribution is 7.15. The van der Waals surface area contributed by atoms with Gasteiger partial charge in [-0.2, -0.15) is 0 Å². The normalized spacial score (nSPS) is 14.9. The van der Waals surface area contributed by atoms with Gasteiger partial charge in [0.1, 0.15) is 0 Å². The van der Waals surface area contributed by atoms with Crippen molar-refractivity contribution >= 4 is 16.5 Å². The Balaban J connectivity index is 2.02. The molecule has 120 valence electrons. The Morgan fingerprint density at radius 1 is 1.33 bits per heavy atom. The minimum absolute atomic E-state index is 0.703. The molecule has 1 N–H and O–H groups in total. The van der Waals surface area contributed by atoms with Crippen LogP contribution in [0.25, 0.3) is 0 Å². The number of hydrogen-bond acceptors (Lipinski definition) is 4. The molecule has 0 spiro atoms. The molecule has 3 nitrogen and oxygen atoms in total. The van der Waals surface area contributed by atoms with Crippen molar-refractivity contribution in [3.63, 3.8) is 0 Å². The van der Waals surface area contributed by atoms with Crippen LogP contribution in [-0.4, -0.2) is 24.6 Å². The number of hydrogen-bond donors (Lipinski definition) is 1. The summed E-state index contributed by atoms with van der Waals surface area (Å²) in [6.07, 6.45) is 5.07. The first kappa shape index (κ1) is 16.8. The van der Waals surface area contributed by atoms with E-state index in [4.69, 9.17) is 4.98 Å². The smallest absolute Gasteiger partial charge is 0.185 e. The van der Waals surface area contributed by atoms with E-state index in [-0.39, 0.29) is 0 Å². The standard InChI is InChI=1S/C17H31N3S/c1-5-9-20(12-14-7-8-14)17-19-15(6-2)16(21-17)11-18-10-13(3)4/h13-14,18H,5-12H2,1-4H3. The zero-order valence-electron chi connectivity index (χ0n) is 14.1. The second-order valence-electron chi connectivity index (χ2n) is 6.63. The van der Waals surface area contributed by atoms with Gasteiger partial charge in [-0.05, 0) is 44.1 Å². The predicted molar refractivity (Wildman–Crippen MR) is 93.3 cm³/mol. The van der Waals surface area contributed by atoms with Crippen LogP contribution in [0.2, 0.25) is 0 Å². The fourth-order valence-electron chi connectivity index (χ4n) is 2.54. The maximum atomic E-state index is 4.93. The van der Waals surface area contributed by atoms with E-state index in [2.05, 4.69) is 37.9 Å². The molecule has 0 aromatic carbocycles. The van der Waals surface area contributed by atoms with E-state index >= 15 is 0 Å². The zero-order chi connectivity index (χ0) is 15.2. The van der Waals surface area contributed by atoms with Crippen LogP contribution in [-0.2, 0) is 13.0 Å². The summed E-state index contributed by atoms with van der Waals surface area (Å²) in [4.78, 5) is 8.89. The number of aromatic nitrogens is 1. The van der Waals surface area contributed by atoms with Gasteiger partial charge in [-0.1, -0.05) is 27.7 Å². The molecule has 2 rings (SSSR count). The summed E-state index contributed by atoms with van der Waals surface area (Å²) >= 11 is 1.91. The highest BCUT2D eigenvalue weighted by Crippen LogP contribution is 2.34. The third kappa shape index (κ3) is 5.26. The van der Waals surface area contributed by atoms with E-state index in [1.54, 1.807) is 0 Å². The van der Waals surface area contributed by atoms with Gasteiger partial charge in [0.15, 0.2) is 5.13 Å². The summed E-state index contributed by atoms with van der Waals surface area (Å²) in [6, 6.07) is 0. The van der Waals surface area contributed by atoms with Crippen LogP contribution >= 0.6 is 11.3 Å². The zero-order valence-corrected chi connectivity index (χ0v) is 14.9. The molecule has 1 aliphatic carbocycles. The van der Waals surface area contributed by atoms with E-state index in [9.17, 15) is 0 Å². The maximum absolute atomic E-state index is 4.93. The van der Waals surface area contributed by atoms with Crippen LogP contribution < -0.4 is 10.2 Å². The highest BCUT2D eigenvalue weighted by atomic mass is 32.1. The molecule has 1 fully saturated rings. The van der Waals surface area contributed by atoms with E-state index < -0.39 is 0 Å². The molecule has 4 heteroatoms. The fourth-order valence-corrected chi connectivity index (χ4v) is 3.69. The summed E-state index contributed by atoms with van der Waals surface area (Å²) in [5, 5.41) is 4.82. The van der Waals surface area contributed by atoms with E-state index in [0.717, 1.165) is 32.0 Å². The van der Waals surface area contributed by atoms with E-state index in [1.807, 2.05) is 11.3 Å². The molecule has 21 heavy (non-hydrogen) atoms. The van der Waals surface area contributed by atoms with Crippen LogP contribution in [0.1, 0.15) is 57.5 Å². The number of nitrogens with zero attached hydrogens (tertiary/aromatic N) is 2. The van der Waals surface area contributed by atoms with Crippen molar-refractivity contribution in [2.45, 2.75) is 59.9 Å². The maximum Gasteiger partial charge on any atom is 0.185 e. The molecule has 1 aromatic heterocycles. The quantitative estimate of drug-likeness (QED) is 0.706. The van der Waals surface area contributed by atoms with E-state index in [0.29, 0.717) is 5.92 Å². The van der Waals surface area contributed by atoms with Gasteiger partial charge in [0.25, 0.3) is 0 Å². The van der Waals surface area contributed by atoms with Crippen LogP contribution in [0.5, 0.6) is 0 Å². The van der Waals surface area contributed by atoms with Crippen molar-refractivity contribution < 1.29 is 0 Å². The molecule has 0 radical (unpaired) electrons. The first-order chi connectivity index (χ1) is 10.1. The molecule has 0 atom stereocenters. The second-order valence-corrected chi connectivity index (χ2v) is 7.70. The topological polar surface area (TPSA) is 28.2 Å². The fraction of sp³-hybridized carbons (Fsp3) is 0.824. The molecule has 1 heterocycles. The van der Waals surface area contributed by atoms with Gasteiger partial charge < -0.3 is 10.2 Å². The lowest BCUT2D eigenvalue weighted by Crippen LogP contribution is -2.26. The van der Waals surface area contributed by atoms with Gasteiger partial charge >= 0.3 is 0 Å². The first-order valence-corrected chi connectivity index (χ1v) is 9.39. The SMILES string of the molecule is CCCN(CC1CC1)c1nc(CC)c(CNCC(C)C)s1. The molecule has 1 aliphatic rings. The highest BCUT2D eigenvalue weighted by Gasteiger charge is 2.26. The van der Waals surface area contributed by atoms with Crippen molar-refractivity contribution in [1.29, 1.82) is 0 Å². The van der Waals surface area contributed by atoms with Crippen LogP contribution in [0.4, 0.5) is 5.13 Å². The molecule has 0 bridgehead atoms. The average Bonchev–Trinajstić information content (AvgIpc) is 3.16. The number of anilines is 1. The molecule has 0 amide bonds. The van der Waals surface area contributed by atoms with Crippen molar-refractivity contribution in [1.82, 2.24) is 10.3 Å². The third-order valence-corrected chi connectivity index (χ3v) is 5.04. The molecule has 1 aromatic rings. The van der Waals surface area contributed by atoms with Crippen molar-refractivity contribution in [2.24, 2.45) is 11.8 Å². The van der Waals surface area contributed by atoms with Crippen LogP contribution in [0.3, 0.4) is 0 Å². The van der Waals surface area contributed by atoms with E-state index in [1.165, 1.54) is 41.5 Å². The van der Waals surface area contributed by atoms with Gasteiger partial charge in [-0.25, -0.2) is 4.98 Å². The first-order valence-electron chi connectivity index (χ1n) is 8.58. The minimum Gasteiger partial charge on any atom is -0.348 e. The Kier molecular flexibility index (Phi) is 6.49. The van der Waals surface area contributed by atoms with Gasteiger partial charge in [-0.15, -0.1) is 11.3 Å². The van der Waals surface area contributed by atoms with Gasteiger partial charge in [0, 0.05) is 24.5 Å². The largest absolute Gasteiger partial charge is 0.348 e. The Labute approximate surface area is 134 Å². The monoisotopic (exact) mass is 309 g/mol. The lowest BCUT2D eigenvalue weighted by Gasteiger charge is -2.20. The van der Waals surface area contributed by atoms with Gasteiger partial charge in [-0.3, -0.25) is 0 Å². The van der Waals surface area contributed by atoms with Gasteiger partial charge in [0.05, 0.1) is 5.69 Å². The Bertz CT molecular complexity index is 424. The lowest BCUT2D eigenvalue weighted by atomic mass is 10.2. The van der Waals surface area contributed by atoms with Crippen LogP contribution in [0, 0.1) is 11.8 Å². The molecule has 1 saturated carbocycles. The van der Waals surface area contributed by atoms with Gasteiger partial charge in [0.2, 0.25) is 0 Å². The second kappa shape index (κ2) is 8.14. The summed E-state index contributed by atoms with van der Waals surface area (Å²) in [5.74, 6) is 1.63. The molecular weight excluding hydrogens is 278 g/mol. The minimum atomic E-state index is 0.703. The Morgan fingerprint density at radius 3 is 2.67 bits per heavy atom. The van der Waals surface area contributed by atoms with Crippen molar-refractivity contribution in [2.75, 3.05) is 24.5 Å². The molecule has 0 unspecified atom stereocenters. The summed E-state index contributed by atoms with van der Waals surface area (Å²) in [5.41, 5.74) is 1.29. The predicted octanol–water partition coefficient (Wildman–Crippen LogP) is 4.08. The summed E-state index contributed by atoms with van der Waals surface area (Å²) in [7, 11) is 0. The lowest BCUT2D eigenvalue weighted by molar-refractivity contribution is 0.553. The van der Waals surface area contributed by atoms with Crippen molar-refractivity contribution in [3.05, 3.63) is 10.6 Å².